The normalized spacial score (nSPS) is 20.4. The summed E-state index contributed by atoms with van der Waals surface area (Å²) in [4.78, 5) is 7.17. The van der Waals surface area contributed by atoms with Crippen LogP contribution in [0.25, 0.3) is 4.83 Å². The quantitative estimate of drug-likeness (QED) is 0.801. The van der Waals surface area contributed by atoms with Gasteiger partial charge >= 0.3 is 0 Å². The highest BCUT2D eigenvalue weighted by Gasteiger charge is 2.33. The topological polar surface area (TPSA) is 53.7 Å². The van der Waals surface area contributed by atoms with Crippen molar-refractivity contribution in [3.05, 3.63) is 52.7 Å². The minimum atomic E-state index is -0.753. The van der Waals surface area contributed by atoms with Crippen LogP contribution < -0.4 is 0 Å². The molecule has 5 nitrogen and oxygen atoms in total. The first-order valence-corrected chi connectivity index (χ1v) is 8.45. The van der Waals surface area contributed by atoms with Gasteiger partial charge in [0, 0.05) is 12.6 Å². The standard InChI is InChI=1S/C16H17FN4OS/c1-10-18-9-14-21(10)19-15(23-14)16(22)20-8-2-3-13(20)11-4-6-12(17)7-5-11/h4-7,9,13,16,22H,2-3,8H2,1H3. The van der Waals surface area contributed by atoms with Crippen LogP contribution in [-0.4, -0.2) is 31.1 Å². The van der Waals surface area contributed by atoms with Gasteiger partial charge in [0.05, 0.1) is 6.20 Å². The highest BCUT2D eigenvalue weighted by Crippen LogP contribution is 2.38. The van der Waals surface area contributed by atoms with E-state index in [-0.39, 0.29) is 11.9 Å². The number of aryl methyl sites for hydroxylation is 1. The van der Waals surface area contributed by atoms with E-state index in [0.717, 1.165) is 35.6 Å². The summed E-state index contributed by atoms with van der Waals surface area (Å²) in [7, 11) is 0. The van der Waals surface area contributed by atoms with E-state index in [9.17, 15) is 9.50 Å². The summed E-state index contributed by atoms with van der Waals surface area (Å²) in [5.41, 5.74) is 1.03. The Hall–Kier alpha value is -1.83. The molecule has 1 aliphatic rings. The van der Waals surface area contributed by atoms with Gasteiger partial charge in [0.15, 0.2) is 11.2 Å². The molecule has 1 N–H and O–H groups in total. The highest BCUT2D eigenvalue weighted by atomic mass is 32.1. The number of hydrogen-bond acceptors (Lipinski definition) is 5. The maximum Gasteiger partial charge on any atom is 0.162 e. The number of likely N-dealkylation sites (tertiary alicyclic amines) is 1. The molecule has 23 heavy (non-hydrogen) atoms. The van der Waals surface area contributed by atoms with Crippen molar-refractivity contribution in [2.24, 2.45) is 0 Å². The number of hydrogen-bond donors (Lipinski definition) is 1. The number of nitrogens with zero attached hydrogens (tertiary/aromatic N) is 4. The van der Waals surface area contributed by atoms with E-state index in [1.54, 1.807) is 22.8 Å². The van der Waals surface area contributed by atoms with E-state index >= 15 is 0 Å². The van der Waals surface area contributed by atoms with Gasteiger partial charge in [0.25, 0.3) is 0 Å². The Balaban J connectivity index is 1.63. The predicted octanol–water partition coefficient (Wildman–Crippen LogP) is 3.07. The van der Waals surface area contributed by atoms with Crippen LogP contribution >= 0.6 is 11.3 Å². The average molecular weight is 332 g/mol. The van der Waals surface area contributed by atoms with Gasteiger partial charge in [-0.3, -0.25) is 4.90 Å². The molecule has 2 atom stereocenters. The predicted molar refractivity (Wildman–Crippen MR) is 85.6 cm³/mol. The molecule has 1 aliphatic heterocycles. The van der Waals surface area contributed by atoms with E-state index in [2.05, 4.69) is 10.1 Å². The summed E-state index contributed by atoms with van der Waals surface area (Å²) >= 11 is 1.45. The molecule has 1 saturated heterocycles. The van der Waals surface area contributed by atoms with E-state index in [1.165, 1.54) is 23.5 Å². The lowest BCUT2D eigenvalue weighted by molar-refractivity contribution is -0.00864. The smallest absolute Gasteiger partial charge is 0.162 e. The van der Waals surface area contributed by atoms with Gasteiger partial charge in [0.2, 0.25) is 0 Å². The van der Waals surface area contributed by atoms with Gasteiger partial charge < -0.3 is 5.11 Å². The lowest BCUT2D eigenvalue weighted by atomic mass is 10.0. The average Bonchev–Trinajstić information content (AvgIpc) is 3.25. The maximum atomic E-state index is 13.1. The van der Waals surface area contributed by atoms with E-state index < -0.39 is 6.23 Å². The molecule has 3 heterocycles. The van der Waals surface area contributed by atoms with Gasteiger partial charge in [-0.25, -0.2) is 13.9 Å². The monoisotopic (exact) mass is 332 g/mol. The number of benzene rings is 1. The van der Waals surface area contributed by atoms with Crippen molar-refractivity contribution < 1.29 is 9.50 Å². The fourth-order valence-electron chi connectivity index (χ4n) is 3.21. The molecular formula is C16H17FN4OS. The zero-order chi connectivity index (χ0) is 16.0. The Labute approximate surface area is 137 Å². The number of aromatic nitrogens is 3. The molecule has 1 aromatic carbocycles. The fourth-order valence-corrected chi connectivity index (χ4v) is 4.15. The number of fused-ring (bicyclic) bond motifs is 1. The van der Waals surface area contributed by atoms with Gasteiger partial charge in [-0.1, -0.05) is 23.5 Å². The van der Waals surface area contributed by atoms with E-state index in [4.69, 9.17) is 0 Å². The third-order valence-corrected chi connectivity index (χ3v) is 5.36. The first kappa shape index (κ1) is 14.7. The zero-order valence-corrected chi connectivity index (χ0v) is 13.5. The van der Waals surface area contributed by atoms with Crippen molar-refractivity contribution in [2.75, 3.05) is 6.54 Å². The number of rotatable bonds is 3. The van der Waals surface area contributed by atoms with Crippen LogP contribution in [0.1, 0.15) is 41.5 Å². The Kier molecular flexibility index (Phi) is 3.63. The van der Waals surface area contributed by atoms with Crippen LogP contribution in [0, 0.1) is 12.7 Å². The summed E-state index contributed by atoms with van der Waals surface area (Å²) in [5.74, 6) is 0.572. The summed E-state index contributed by atoms with van der Waals surface area (Å²) in [6.45, 7) is 2.69. The number of aliphatic hydroxyl groups excluding tert-OH is 1. The summed E-state index contributed by atoms with van der Waals surface area (Å²) in [5, 5.41) is 15.9. The van der Waals surface area contributed by atoms with Crippen molar-refractivity contribution in [3.8, 4) is 0 Å². The molecule has 120 valence electrons. The molecule has 0 spiro atoms. The van der Waals surface area contributed by atoms with Crippen molar-refractivity contribution in [1.82, 2.24) is 19.5 Å². The lowest BCUT2D eigenvalue weighted by Crippen LogP contribution is -2.28. The van der Waals surface area contributed by atoms with Crippen molar-refractivity contribution in [1.29, 1.82) is 0 Å². The molecule has 0 radical (unpaired) electrons. The molecule has 2 unspecified atom stereocenters. The number of aliphatic hydroxyl groups is 1. The van der Waals surface area contributed by atoms with Crippen molar-refractivity contribution in [2.45, 2.75) is 32.0 Å². The van der Waals surface area contributed by atoms with Crippen molar-refractivity contribution in [3.63, 3.8) is 0 Å². The highest BCUT2D eigenvalue weighted by molar-refractivity contribution is 7.17. The van der Waals surface area contributed by atoms with Gasteiger partial charge in [-0.2, -0.15) is 5.10 Å². The van der Waals surface area contributed by atoms with Crippen LogP contribution in [0.2, 0.25) is 0 Å². The molecular weight excluding hydrogens is 315 g/mol. The number of halogens is 1. The molecule has 0 saturated carbocycles. The lowest BCUT2D eigenvalue weighted by Gasteiger charge is -2.28. The Bertz CT molecular complexity index is 828. The summed E-state index contributed by atoms with van der Waals surface area (Å²) < 4.78 is 14.9. The number of imidazole rings is 1. The minimum Gasteiger partial charge on any atom is -0.371 e. The largest absolute Gasteiger partial charge is 0.371 e. The van der Waals surface area contributed by atoms with E-state index in [1.807, 2.05) is 11.8 Å². The Morgan fingerprint density at radius 1 is 1.35 bits per heavy atom. The Morgan fingerprint density at radius 2 is 2.13 bits per heavy atom. The minimum absolute atomic E-state index is 0.0908. The van der Waals surface area contributed by atoms with Crippen LogP contribution in [0.15, 0.2) is 30.5 Å². The van der Waals surface area contributed by atoms with Gasteiger partial charge in [-0.05, 0) is 37.5 Å². The third kappa shape index (κ3) is 2.54. The zero-order valence-electron chi connectivity index (χ0n) is 12.7. The second-order valence-corrected chi connectivity index (χ2v) is 6.86. The summed E-state index contributed by atoms with van der Waals surface area (Å²) in [6.07, 6.45) is 2.97. The molecule has 3 aromatic rings. The first-order valence-electron chi connectivity index (χ1n) is 7.64. The van der Waals surface area contributed by atoms with Crippen LogP contribution in [0.5, 0.6) is 0 Å². The molecule has 7 heteroatoms. The van der Waals surface area contributed by atoms with Crippen LogP contribution in [-0.2, 0) is 0 Å². The van der Waals surface area contributed by atoms with Gasteiger partial charge in [-0.15, -0.1) is 0 Å². The fraction of sp³-hybridized carbons (Fsp3) is 0.375. The molecule has 1 fully saturated rings. The molecule has 0 amide bonds. The van der Waals surface area contributed by atoms with Gasteiger partial charge in [0.1, 0.15) is 16.5 Å². The molecule has 0 aliphatic carbocycles. The molecule has 0 bridgehead atoms. The summed E-state index contributed by atoms with van der Waals surface area (Å²) in [6, 6.07) is 6.63. The Morgan fingerprint density at radius 3 is 2.87 bits per heavy atom. The third-order valence-electron chi connectivity index (χ3n) is 4.37. The molecule has 4 rings (SSSR count). The van der Waals surface area contributed by atoms with Crippen LogP contribution in [0.3, 0.4) is 0 Å². The SMILES string of the molecule is Cc1ncc2sc(C(O)N3CCCC3c3ccc(F)cc3)nn12. The van der Waals surface area contributed by atoms with Crippen LogP contribution in [0.4, 0.5) is 4.39 Å². The second-order valence-electron chi connectivity index (χ2n) is 5.82. The van der Waals surface area contributed by atoms with Crippen molar-refractivity contribution >= 4 is 16.2 Å². The second kappa shape index (κ2) is 5.67. The first-order chi connectivity index (χ1) is 11.1. The van der Waals surface area contributed by atoms with E-state index in [0.29, 0.717) is 5.01 Å². The molecule has 2 aromatic heterocycles. The maximum absolute atomic E-state index is 13.1.